The van der Waals surface area contributed by atoms with Crippen LogP contribution >= 0.6 is 0 Å². The molecule has 1 aliphatic carbocycles. The van der Waals surface area contributed by atoms with Crippen LogP contribution in [0.5, 0.6) is 5.75 Å². The van der Waals surface area contributed by atoms with Crippen molar-refractivity contribution in [2.75, 3.05) is 10.6 Å². The summed E-state index contributed by atoms with van der Waals surface area (Å²) >= 11 is 0. The second-order valence-electron chi connectivity index (χ2n) is 11.3. The molecule has 1 aliphatic rings. The van der Waals surface area contributed by atoms with Gasteiger partial charge in [0.25, 0.3) is 11.8 Å². The summed E-state index contributed by atoms with van der Waals surface area (Å²) in [7, 11) is 0. The van der Waals surface area contributed by atoms with Crippen molar-refractivity contribution in [3.8, 4) is 5.75 Å². The van der Waals surface area contributed by atoms with E-state index in [1.807, 2.05) is 60.7 Å². The Bertz CT molecular complexity index is 1810. The van der Waals surface area contributed by atoms with E-state index >= 15 is 0 Å². The fraction of sp³-hybridized carbons (Fsp3) is 0.265. The second kappa shape index (κ2) is 15.6. The lowest BCUT2D eigenvalue weighted by atomic mass is 9.92. The van der Waals surface area contributed by atoms with Gasteiger partial charge in [-0.1, -0.05) is 90.7 Å². The van der Waals surface area contributed by atoms with Crippen LogP contribution in [0.15, 0.2) is 91.0 Å². The van der Waals surface area contributed by atoms with Crippen molar-refractivity contribution >= 4 is 29.4 Å². The minimum Gasteiger partial charge on any atom is -0.487 e. The number of aromatic amines is 1. The zero-order valence-electron chi connectivity index (χ0n) is 26.0. The molecule has 2 aromatic heterocycles. The predicted octanol–water partition coefficient (Wildman–Crippen LogP) is 4.12. The molecule has 246 valence electrons. The molecule has 6 rings (SSSR count). The van der Waals surface area contributed by atoms with Crippen LogP contribution in [-0.2, 0) is 29.3 Å². The standard InChI is InChI=1S/C34H35N9O5/c44-31(35-25-15-7-9-17-29(25)47-21-23-11-3-1-4-12-23)20-43-28(19-27(40-43)32(45)37-34-38-41-42-39-34)33(46)36-26-16-8-10-18-30(26)48-22-24-13-5-2-6-14-24/h1-6,8,10-14,16,18-19,25,29H,7,9,15,17,20-22H2,(H,35,44)(H,36,46)(H2,37,38,39,41,42,45)/t25-,29-/m0/s1. The Balaban J connectivity index is 1.17. The van der Waals surface area contributed by atoms with Crippen LogP contribution < -0.4 is 20.7 Å². The van der Waals surface area contributed by atoms with E-state index in [4.69, 9.17) is 9.47 Å². The number of rotatable bonds is 13. The number of hydrogen-bond donors (Lipinski definition) is 4. The van der Waals surface area contributed by atoms with Crippen molar-refractivity contribution in [2.45, 2.75) is 57.6 Å². The monoisotopic (exact) mass is 649 g/mol. The maximum atomic E-state index is 13.7. The Morgan fingerprint density at radius 3 is 2.29 bits per heavy atom. The Hall–Kier alpha value is -5.89. The third-order valence-electron chi connectivity index (χ3n) is 7.84. The van der Waals surface area contributed by atoms with Crippen LogP contribution in [-0.4, -0.2) is 60.3 Å². The first-order valence-corrected chi connectivity index (χ1v) is 15.7. The second-order valence-corrected chi connectivity index (χ2v) is 11.3. The summed E-state index contributed by atoms with van der Waals surface area (Å²) in [5.74, 6) is -1.18. The van der Waals surface area contributed by atoms with Crippen molar-refractivity contribution < 1.29 is 23.9 Å². The lowest BCUT2D eigenvalue weighted by Gasteiger charge is -2.32. The molecule has 14 nitrogen and oxygen atoms in total. The summed E-state index contributed by atoms with van der Waals surface area (Å²) in [6, 6.07) is 27.6. The Morgan fingerprint density at radius 1 is 0.833 bits per heavy atom. The molecular formula is C34H35N9O5. The van der Waals surface area contributed by atoms with Gasteiger partial charge in [-0.15, -0.1) is 0 Å². The molecular weight excluding hydrogens is 614 g/mol. The van der Waals surface area contributed by atoms with Crippen LogP contribution in [0, 0.1) is 0 Å². The molecule has 0 spiro atoms. The van der Waals surface area contributed by atoms with E-state index in [0.29, 0.717) is 24.7 Å². The first-order chi connectivity index (χ1) is 23.5. The van der Waals surface area contributed by atoms with Gasteiger partial charge in [0, 0.05) is 6.07 Å². The molecule has 3 amide bonds. The summed E-state index contributed by atoms with van der Waals surface area (Å²) in [4.78, 5) is 40.1. The van der Waals surface area contributed by atoms with Crippen molar-refractivity contribution in [2.24, 2.45) is 0 Å². The van der Waals surface area contributed by atoms with Crippen molar-refractivity contribution in [1.29, 1.82) is 0 Å². The van der Waals surface area contributed by atoms with Gasteiger partial charge in [-0.25, -0.2) is 9.78 Å². The zero-order chi connectivity index (χ0) is 33.1. The third kappa shape index (κ3) is 8.47. The van der Waals surface area contributed by atoms with E-state index in [0.717, 1.165) is 36.8 Å². The van der Waals surface area contributed by atoms with Gasteiger partial charge in [0.2, 0.25) is 11.9 Å². The maximum Gasteiger partial charge on any atom is 0.278 e. The lowest BCUT2D eigenvalue weighted by Crippen LogP contribution is -2.47. The topological polar surface area (TPSA) is 178 Å². The van der Waals surface area contributed by atoms with E-state index in [-0.39, 0.29) is 41.9 Å². The number of amides is 3. The molecule has 48 heavy (non-hydrogen) atoms. The molecule has 5 aromatic rings. The van der Waals surface area contributed by atoms with Crippen LogP contribution in [0.3, 0.4) is 0 Å². The number of H-pyrrole nitrogens is 1. The molecule has 0 saturated heterocycles. The average molecular weight is 650 g/mol. The van der Waals surface area contributed by atoms with Gasteiger partial charge in [0.05, 0.1) is 24.4 Å². The van der Waals surface area contributed by atoms with Crippen molar-refractivity contribution in [3.05, 3.63) is 114 Å². The number of carbonyl (C=O) groups excluding carboxylic acids is 3. The molecule has 0 radical (unpaired) electrons. The number of anilines is 2. The fourth-order valence-corrected chi connectivity index (χ4v) is 5.46. The smallest absolute Gasteiger partial charge is 0.278 e. The molecule has 0 aliphatic heterocycles. The number of para-hydroxylation sites is 2. The molecule has 14 heteroatoms. The number of hydrogen-bond acceptors (Lipinski definition) is 9. The molecule has 3 aromatic carbocycles. The molecule has 2 heterocycles. The SMILES string of the molecule is O=C(Cn1nc(C(=O)Nc2nnn[nH]2)cc1C(=O)Nc1ccccc1OCc1ccccc1)N[C@H]1CCCC[C@@H]1OCc1ccccc1. The minimum atomic E-state index is -0.671. The number of aromatic nitrogens is 6. The minimum absolute atomic E-state index is 0.00151. The Morgan fingerprint density at radius 2 is 1.54 bits per heavy atom. The number of tetrazole rings is 1. The Labute approximate surface area is 276 Å². The van der Waals surface area contributed by atoms with Crippen LogP contribution in [0.4, 0.5) is 11.6 Å². The summed E-state index contributed by atoms with van der Waals surface area (Å²) in [5.41, 5.74) is 2.31. The van der Waals surface area contributed by atoms with Gasteiger partial charge in [-0.05, 0) is 46.5 Å². The highest BCUT2D eigenvalue weighted by atomic mass is 16.5. The molecule has 1 saturated carbocycles. The summed E-state index contributed by atoms with van der Waals surface area (Å²) in [6.45, 7) is 0.425. The number of carbonyl (C=O) groups is 3. The Kier molecular flexibility index (Phi) is 10.4. The summed E-state index contributed by atoms with van der Waals surface area (Å²) in [6.07, 6.45) is 3.38. The first kappa shape index (κ1) is 32.1. The lowest BCUT2D eigenvalue weighted by molar-refractivity contribution is -0.124. The van der Waals surface area contributed by atoms with E-state index in [2.05, 4.69) is 41.7 Å². The molecule has 2 atom stereocenters. The van der Waals surface area contributed by atoms with Crippen molar-refractivity contribution in [3.63, 3.8) is 0 Å². The first-order valence-electron chi connectivity index (χ1n) is 15.7. The van der Waals surface area contributed by atoms with Gasteiger partial charge in [0.1, 0.15) is 24.6 Å². The number of nitrogens with one attached hydrogen (secondary N) is 4. The summed E-state index contributed by atoms with van der Waals surface area (Å²) in [5, 5.41) is 25.7. The molecule has 0 unspecified atom stereocenters. The molecule has 0 bridgehead atoms. The highest BCUT2D eigenvalue weighted by Crippen LogP contribution is 2.26. The van der Waals surface area contributed by atoms with E-state index in [9.17, 15) is 14.4 Å². The summed E-state index contributed by atoms with van der Waals surface area (Å²) < 4.78 is 13.4. The quantitative estimate of drug-likeness (QED) is 0.146. The molecule has 4 N–H and O–H groups in total. The van der Waals surface area contributed by atoms with Crippen molar-refractivity contribution in [1.82, 2.24) is 35.7 Å². The third-order valence-corrected chi connectivity index (χ3v) is 7.84. The number of nitrogens with zero attached hydrogens (tertiary/aromatic N) is 5. The van der Waals surface area contributed by atoms with Gasteiger partial charge in [0.15, 0.2) is 5.69 Å². The van der Waals surface area contributed by atoms with Gasteiger partial charge < -0.3 is 20.1 Å². The highest BCUT2D eigenvalue weighted by Gasteiger charge is 2.29. The largest absolute Gasteiger partial charge is 0.487 e. The van der Waals surface area contributed by atoms with E-state index in [1.165, 1.54) is 10.7 Å². The number of benzene rings is 3. The van der Waals surface area contributed by atoms with E-state index < -0.39 is 11.8 Å². The van der Waals surface area contributed by atoms with E-state index in [1.54, 1.807) is 24.3 Å². The highest BCUT2D eigenvalue weighted by molar-refractivity contribution is 6.07. The number of ether oxygens (including phenoxy) is 2. The van der Waals surface area contributed by atoms with Gasteiger partial charge >= 0.3 is 0 Å². The van der Waals surface area contributed by atoms with Crippen LogP contribution in [0.2, 0.25) is 0 Å². The van der Waals surface area contributed by atoms with Gasteiger partial charge in [-0.3, -0.25) is 19.7 Å². The van der Waals surface area contributed by atoms with Crippen LogP contribution in [0.25, 0.3) is 0 Å². The maximum absolute atomic E-state index is 13.7. The zero-order valence-corrected chi connectivity index (χ0v) is 26.0. The van der Waals surface area contributed by atoms with Gasteiger partial charge in [-0.2, -0.15) is 5.10 Å². The predicted molar refractivity (Wildman–Crippen MR) is 175 cm³/mol. The molecule has 1 fully saturated rings. The fourth-order valence-electron chi connectivity index (χ4n) is 5.46. The normalized spacial score (nSPS) is 15.8. The average Bonchev–Trinajstić information content (AvgIpc) is 3.79. The van der Waals surface area contributed by atoms with Crippen LogP contribution in [0.1, 0.15) is 57.8 Å².